The Bertz CT molecular complexity index is 894. The quantitative estimate of drug-likeness (QED) is 0.678. The summed E-state index contributed by atoms with van der Waals surface area (Å²) in [6, 6.07) is 6.81. The normalized spacial score (nSPS) is 22.2. The summed E-state index contributed by atoms with van der Waals surface area (Å²) in [6.45, 7) is -0.465. The van der Waals surface area contributed by atoms with Crippen molar-refractivity contribution in [3.05, 3.63) is 57.5 Å². The molecule has 7 heteroatoms. The van der Waals surface area contributed by atoms with Gasteiger partial charge in [-0.1, -0.05) is 12.1 Å². The summed E-state index contributed by atoms with van der Waals surface area (Å²) in [4.78, 5) is 39.8. The number of carbonyl (C=O) groups is 3. The van der Waals surface area contributed by atoms with Crippen LogP contribution in [0.15, 0.2) is 35.7 Å². The Hall–Kier alpha value is -2.54. The molecule has 1 atom stereocenters. The van der Waals surface area contributed by atoms with Crippen molar-refractivity contribution in [3.8, 4) is 0 Å². The van der Waals surface area contributed by atoms with Crippen LogP contribution in [0.25, 0.3) is 0 Å². The highest BCUT2D eigenvalue weighted by molar-refractivity contribution is 7.10. The minimum absolute atomic E-state index is 0.121. The summed E-state index contributed by atoms with van der Waals surface area (Å²) >= 11 is 1.56. The van der Waals surface area contributed by atoms with E-state index in [1.165, 1.54) is 18.2 Å². The number of fused-ring (bicyclic) bond motifs is 2. The first-order valence-corrected chi connectivity index (χ1v) is 8.89. The third kappa shape index (κ3) is 2.38. The maximum Gasteiger partial charge on any atom is 0.325 e. The number of urea groups is 1. The van der Waals surface area contributed by atoms with Crippen LogP contribution in [0, 0.1) is 5.82 Å². The molecule has 1 aliphatic carbocycles. The molecule has 0 unspecified atom stereocenters. The number of carbonyl (C=O) groups excluding carboxylic acids is 3. The molecule has 1 aliphatic heterocycles. The molecular weight excluding hydrogens is 343 g/mol. The minimum atomic E-state index is -1.08. The zero-order valence-corrected chi connectivity index (χ0v) is 14.1. The van der Waals surface area contributed by atoms with E-state index in [9.17, 15) is 18.8 Å². The van der Waals surface area contributed by atoms with E-state index in [0.717, 1.165) is 28.2 Å². The van der Waals surface area contributed by atoms with E-state index in [2.05, 4.69) is 5.32 Å². The van der Waals surface area contributed by atoms with Crippen molar-refractivity contribution in [1.82, 2.24) is 10.2 Å². The molecule has 1 N–H and O–H groups in total. The third-order valence-corrected chi connectivity index (χ3v) is 5.79. The number of nitrogens with one attached hydrogen (secondary N) is 1. The van der Waals surface area contributed by atoms with Crippen LogP contribution in [-0.4, -0.2) is 29.2 Å². The number of amides is 3. The molecule has 1 aromatic heterocycles. The number of imide groups is 1. The smallest absolute Gasteiger partial charge is 0.319 e. The van der Waals surface area contributed by atoms with Gasteiger partial charge in [0.15, 0.2) is 5.78 Å². The molecule has 0 radical (unpaired) electrons. The number of aryl methyl sites for hydroxylation is 1. The average molecular weight is 358 g/mol. The zero-order valence-electron chi connectivity index (χ0n) is 13.3. The van der Waals surface area contributed by atoms with Crippen LogP contribution >= 0.6 is 11.3 Å². The number of hydrogen-bond acceptors (Lipinski definition) is 4. The Kier molecular flexibility index (Phi) is 3.68. The number of ketones is 1. The lowest BCUT2D eigenvalue weighted by atomic mass is 9.80. The van der Waals surface area contributed by atoms with Gasteiger partial charge in [-0.25, -0.2) is 9.18 Å². The molecule has 3 amide bonds. The van der Waals surface area contributed by atoms with Crippen molar-refractivity contribution in [2.45, 2.75) is 24.8 Å². The molecule has 2 aliphatic rings. The molecule has 0 saturated carbocycles. The van der Waals surface area contributed by atoms with E-state index in [4.69, 9.17) is 0 Å². The lowest BCUT2D eigenvalue weighted by Crippen LogP contribution is -2.46. The standard InChI is InChI=1S/C18H15FN2O3S/c19-13-5-2-1-4-11(13)14(22)10-21-16(23)18(20-17(21)24)8-3-6-15-12(18)7-9-25-15/h1-2,4-5,7,9H,3,6,8,10H2,(H,20,24)/t18-/m0/s1. The molecule has 1 spiro atoms. The predicted molar refractivity (Wildman–Crippen MR) is 89.9 cm³/mol. The highest BCUT2D eigenvalue weighted by Gasteiger charge is 2.54. The molecule has 2 heterocycles. The van der Waals surface area contributed by atoms with Gasteiger partial charge in [0.1, 0.15) is 11.4 Å². The number of nitrogens with zero attached hydrogens (tertiary/aromatic N) is 1. The molecule has 1 saturated heterocycles. The van der Waals surface area contributed by atoms with Crippen LogP contribution in [0.2, 0.25) is 0 Å². The lowest BCUT2D eigenvalue weighted by molar-refractivity contribution is -0.131. The second-order valence-corrected chi connectivity index (χ2v) is 7.24. The summed E-state index contributed by atoms with van der Waals surface area (Å²) in [6.07, 6.45) is 2.17. The van der Waals surface area contributed by atoms with Crippen LogP contribution < -0.4 is 5.32 Å². The van der Waals surface area contributed by atoms with Gasteiger partial charge in [-0.2, -0.15) is 0 Å². The van der Waals surface area contributed by atoms with Crippen molar-refractivity contribution < 1.29 is 18.8 Å². The van der Waals surface area contributed by atoms with Crippen molar-refractivity contribution in [2.24, 2.45) is 0 Å². The average Bonchev–Trinajstić information content (AvgIpc) is 3.16. The van der Waals surface area contributed by atoms with E-state index < -0.39 is 35.6 Å². The molecule has 128 valence electrons. The first-order valence-electron chi connectivity index (χ1n) is 8.01. The third-order valence-electron chi connectivity index (χ3n) is 4.81. The van der Waals surface area contributed by atoms with Crippen LogP contribution in [0.5, 0.6) is 0 Å². The highest BCUT2D eigenvalue weighted by Crippen LogP contribution is 2.42. The predicted octanol–water partition coefficient (Wildman–Crippen LogP) is 2.85. The van der Waals surface area contributed by atoms with Gasteiger partial charge in [-0.3, -0.25) is 14.5 Å². The molecule has 0 bridgehead atoms. The summed E-state index contributed by atoms with van der Waals surface area (Å²) in [5.74, 6) is -1.69. The second-order valence-electron chi connectivity index (χ2n) is 6.24. The minimum Gasteiger partial charge on any atom is -0.319 e. The molecular formula is C18H15FN2O3S. The van der Waals surface area contributed by atoms with Crippen molar-refractivity contribution in [1.29, 1.82) is 0 Å². The summed E-state index contributed by atoms with van der Waals surface area (Å²) in [5.41, 5.74) is -0.382. The summed E-state index contributed by atoms with van der Waals surface area (Å²) in [7, 11) is 0. The monoisotopic (exact) mass is 358 g/mol. The second kappa shape index (κ2) is 5.77. The van der Waals surface area contributed by atoms with Crippen LogP contribution in [0.1, 0.15) is 33.6 Å². The lowest BCUT2D eigenvalue weighted by Gasteiger charge is -2.31. The van der Waals surface area contributed by atoms with E-state index >= 15 is 0 Å². The Morgan fingerprint density at radius 2 is 2.08 bits per heavy atom. The highest BCUT2D eigenvalue weighted by atomic mass is 32.1. The first kappa shape index (κ1) is 16.0. The molecule has 4 rings (SSSR count). The van der Waals surface area contributed by atoms with Crippen LogP contribution in [-0.2, 0) is 16.8 Å². The first-order chi connectivity index (χ1) is 12.0. The Morgan fingerprint density at radius 3 is 2.88 bits per heavy atom. The molecule has 1 aromatic carbocycles. The van der Waals surface area contributed by atoms with Crippen LogP contribution in [0.3, 0.4) is 0 Å². The Balaban J connectivity index is 1.63. The zero-order chi connectivity index (χ0) is 17.6. The molecule has 5 nitrogen and oxygen atoms in total. The number of benzene rings is 1. The SMILES string of the molecule is O=C(CN1C(=O)N[C@]2(CCCc3sccc32)C1=O)c1ccccc1F. The van der Waals surface area contributed by atoms with E-state index in [1.54, 1.807) is 17.4 Å². The van der Waals surface area contributed by atoms with Crippen molar-refractivity contribution >= 4 is 29.1 Å². The fourth-order valence-electron chi connectivity index (χ4n) is 3.60. The maximum absolute atomic E-state index is 13.8. The van der Waals surface area contributed by atoms with Crippen molar-refractivity contribution in [3.63, 3.8) is 0 Å². The van der Waals surface area contributed by atoms with Crippen molar-refractivity contribution in [2.75, 3.05) is 6.54 Å². The van der Waals surface area contributed by atoms with E-state index in [0.29, 0.717) is 6.42 Å². The van der Waals surface area contributed by atoms with Gasteiger partial charge in [-0.15, -0.1) is 11.3 Å². The van der Waals surface area contributed by atoms with Gasteiger partial charge in [0.05, 0.1) is 12.1 Å². The molecule has 25 heavy (non-hydrogen) atoms. The number of rotatable bonds is 3. The number of hydrogen-bond donors (Lipinski definition) is 1. The number of thiophene rings is 1. The van der Waals surface area contributed by atoms with Gasteiger partial charge in [0, 0.05) is 10.4 Å². The fraction of sp³-hybridized carbons (Fsp3) is 0.278. The summed E-state index contributed by atoms with van der Waals surface area (Å²) in [5, 5.41) is 4.69. The summed E-state index contributed by atoms with van der Waals surface area (Å²) < 4.78 is 13.8. The number of halogens is 1. The van der Waals surface area contributed by atoms with E-state index in [1.807, 2.05) is 11.4 Å². The van der Waals surface area contributed by atoms with Gasteiger partial charge < -0.3 is 5.32 Å². The largest absolute Gasteiger partial charge is 0.325 e. The fourth-order valence-corrected chi connectivity index (χ4v) is 4.60. The van der Waals surface area contributed by atoms with Gasteiger partial charge in [0.25, 0.3) is 5.91 Å². The van der Waals surface area contributed by atoms with Gasteiger partial charge in [-0.05, 0) is 42.8 Å². The van der Waals surface area contributed by atoms with Crippen LogP contribution in [0.4, 0.5) is 9.18 Å². The van der Waals surface area contributed by atoms with Gasteiger partial charge >= 0.3 is 6.03 Å². The number of Topliss-reactive ketones (excluding diaryl/α,β-unsaturated/α-hetero) is 1. The molecule has 1 fully saturated rings. The van der Waals surface area contributed by atoms with E-state index in [-0.39, 0.29) is 5.56 Å². The van der Waals surface area contributed by atoms with Gasteiger partial charge in [0.2, 0.25) is 0 Å². The Morgan fingerprint density at radius 1 is 1.28 bits per heavy atom. The Labute approximate surface area is 147 Å². The maximum atomic E-state index is 13.8. The topological polar surface area (TPSA) is 66.5 Å². The molecule has 2 aromatic rings.